The molecule has 8 nitrogen and oxygen atoms in total. The van der Waals surface area contributed by atoms with Crippen molar-refractivity contribution in [1.29, 1.82) is 0 Å². The minimum absolute atomic E-state index is 0.138. The minimum atomic E-state index is -1.20. The maximum Gasteiger partial charge on any atom is 0.325 e. The van der Waals surface area contributed by atoms with Gasteiger partial charge < -0.3 is 15.2 Å². The number of Topliss-reactive ketones (excluding diaryl/α,β-unsaturated/α-hetero) is 1. The van der Waals surface area contributed by atoms with E-state index >= 15 is 0 Å². The molecule has 2 aliphatic heterocycles. The Kier molecular flexibility index (Phi) is 4.87. The zero-order chi connectivity index (χ0) is 22.5. The van der Waals surface area contributed by atoms with Crippen molar-refractivity contribution in [2.45, 2.75) is 44.6 Å². The van der Waals surface area contributed by atoms with Crippen molar-refractivity contribution >= 4 is 23.6 Å². The van der Waals surface area contributed by atoms with Gasteiger partial charge in [0.1, 0.15) is 11.2 Å². The number of nitrogens with zero attached hydrogens (tertiary/aromatic N) is 2. The molecule has 0 bridgehead atoms. The Morgan fingerprint density at radius 2 is 1.78 bits per heavy atom. The van der Waals surface area contributed by atoms with Crippen molar-refractivity contribution in [3.63, 3.8) is 0 Å². The summed E-state index contributed by atoms with van der Waals surface area (Å²) in [5, 5.41) is 2.77. The minimum Gasteiger partial charge on any atom is -0.356 e. The van der Waals surface area contributed by atoms with Gasteiger partial charge in [-0.3, -0.25) is 19.3 Å². The van der Waals surface area contributed by atoms with Gasteiger partial charge in [0.15, 0.2) is 5.78 Å². The Balaban J connectivity index is 1.31. The molecule has 1 atom stereocenters. The molecule has 3 aliphatic rings. The topological polar surface area (TPSA) is 103 Å². The van der Waals surface area contributed by atoms with E-state index in [0.717, 1.165) is 42.6 Å². The van der Waals surface area contributed by atoms with Gasteiger partial charge >= 0.3 is 6.03 Å². The molecule has 1 aliphatic carbocycles. The number of imide groups is 1. The van der Waals surface area contributed by atoms with Gasteiger partial charge in [0.05, 0.1) is 6.54 Å². The number of ketones is 1. The van der Waals surface area contributed by atoms with Crippen LogP contribution in [0.3, 0.4) is 0 Å². The van der Waals surface area contributed by atoms with Crippen molar-refractivity contribution in [3.05, 3.63) is 58.4 Å². The van der Waals surface area contributed by atoms with Crippen LogP contribution in [0.4, 0.5) is 4.79 Å². The van der Waals surface area contributed by atoms with E-state index in [2.05, 4.69) is 10.3 Å². The molecule has 3 heterocycles. The highest BCUT2D eigenvalue weighted by Gasteiger charge is 2.49. The van der Waals surface area contributed by atoms with Crippen LogP contribution in [0.2, 0.25) is 0 Å². The first-order valence-corrected chi connectivity index (χ1v) is 11.1. The number of hydrogen-bond donors (Lipinski definition) is 2. The number of fused-ring (bicyclic) bond motifs is 1. The second kappa shape index (κ2) is 7.62. The average molecular weight is 434 g/mol. The van der Waals surface area contributed by atoms with Gasteiger partial charge in [-0.05, 0) is 61.8 Å². The second-order valence-corrected chi connectivity index (χ2v) is 9.01. The molecule has 2 saturated heterocycles. The molecule has 1 aromatic heterocycles. The molecule has 1 aromatic carbocycles. The summed E-state index contributed by atoms with van der Waals surface area (Å²) in [6.45, 7) is 2.73. The third kappa shape index (κ3) is 3.30. The van der Waals surface area contributed by atoms with E-state index in [9.17, 15) is 19.2 Å². The molecule has 0 spiro atoms. The lowest BCUT2D eigenvalue weighted by Gasteiger charge is -2.23. The van der Waals surface area contributed by atoms with Crippen molar-refractivity contribution in [2.24, 2.45) is 0 Å². The van der Waals surface area contributed by atoms with E-state index < -0.39 is 23.3 Å². The van der Waals surface area contributed by atoms with Gasteiger partial charge in [-0.2, -0.15) is 0 Å². The maximum atomic E-state index is 13.2. The molecule has 8 heteroatoms. The number of benzene rings is 1. The van der Waals surface area contributed by atoms with Gasteiger partial charge in [0.25, 0.3) is 11.8 Å². The van der Waals surface area contributed by atoms with Crippen molar-refractivity contribution in [3.8, 4) is 0 Å². The van der Waals surface area contributed by atoms with E-state index in [-0.39, 0.29) is 18.0 Å². The Bertz CT molecular complexity index is 1130. The first-order chi connectivity index (χ1) is 15.4. The quantitative estimate of drug-likeness (QED) is 0.557. The van der Waals surface area contributed by atoms with E-state index in [4.69, 9.17) is 0 Å². The second-order valence-electron chi connectivity index (χ2n) is 9.01. The van der Waals surface area contributed by atoms with Crippen LogP contribution in [0.1, 0.15) is 63.7 Å². The maximum absolute atomic E-state index is 13.2. The molecular weight excluding hydrogens is 408 g/mol. The number of carbonyl (C=O) groups is 4. The molecule has 32 heavy (non-hydrogen) atoms. The number of hydrogen-bond acceptors (Lipinski definition) is 4. The van der Waals surface area contributed by atoms with E-state index in [1.54, 1.807) is 11.8 Å². The SMILES string of the molecule is CC1(c2ccc3c(c2)CCC3)NC(=O)N(CC(=O)c2c[nH]c(C(=O)N3CCCC3)c2)C1=O. The Morgan fingerprint density at radius 1 is 1.03 bits per heavy atom. The lowest BCUT2D eigenvalue weighted by Crippen LogP contribution is -2.41. The van der Waals surface area contributed by atoms with Gasteiger partial charge in [0, 0.05) is 24.8 Å². The smallest absolute Gasteiger partial charge is 0.325 e. The molecule has 2 N–H and O–H groups in total. The monoisotopic (exact) mass is 434 g/mol. The number of aryl methyl sites for hydroxylation is 2. The van der Waals surface area contributed by atoms with Crippen molar-refractivity contribution in [1.82, 2.24) is 20.1 Å². The fourth-order valence-electron chi connectivity index (χ4n) is 4.92. The highest BCUT2D eigenvalue weighted by atomic mass is 16.2. The fraction of sp³-hybridized carbons (Fsp3) is 0.417. The Labute approximate surface area is 186 Å². The lowest BCUT2D eigenvalue weighted by atomic mass is 9.89. The summed E-state index contributed by atoms with van der Waals surface area (Å²) in [4.78, 5) is 56.8. The molecule has 5 rings (SSSR count). The first kappa shape index (κ1) is 20.5. The third-order valence-corrected chi connectivity index (χ3v) is 6.88. The first-order valence-electron chi connectivity index (χ1n) is 11.1. The Morgan fingerprint density at radius 3 is 2.56 bits per heavy atom. The van der Waals surface area contributed by atoms with Crippen LogP contribution >= 0.6 is 0 Å². The molecule has 2 aromatic rings. The van der Waals surface area contributed by atoms with E-state index in [1.807, 2.05) is 18.2 Å². The summed E-state index contributed by atoms with van der Waals surface area (Å²) < 4.78 is 0. The zero-order valence-corrected chi connectivity index (χ0v) is 18.1. The number of carbonyl (C=O) groups excluding carboxylic acids is 4. The predicted molar refractivity (Wildman–Crippen MR) is 116 cm³/mol. The van der Waals surface area contributed by atoms with Crippen molar-refractivity contribution < 1.29 is 19.2 Å². The molecule has 4 amide bonds. The molecule has 0 radical (unpaired) electrons. The van der Waals surface area contributed by atoms with Crippen LogP contribution in [0, 0.1) is 0 Å². The van der Waals surface area contributed by atoms with Crippen LogP contribution in [-0.4, -0.2) is 58.0 Å². The van der Waals surface area contributed by atoms with Crippen LogP contribution in [0.15, 0.2) is 30.5 Å². The highest BCUT2D eigenvalue weighted by molar-refractivity contribution is 6.11. The number of aromatic nitrogens is 1. The zero-order valence-electron chi connectivity index (χ0n) is 18.1. The van der Waals surface area contributed by atoms with Gasteiger partial charge in [0.2, 0.25) is 0 Å². The third-order valence-electron chi connectivity index (χ3n) is 6.88. The normalized spacial score (nSPS) is 22.4. The summed E-state index contributed by atoms with van der Waals surface area (Å²) in [6, 6.07) is 6.82. The average Bonchev–Trinajstić information content (AvgIpc) is 3.57. The summed E-state index contributed by atoms with van der Waals surface area (Å²) >= 11 is 0. The Hall–Kier alpha value is -3.42. The van der Waals surface area contributed by atoms with Gasteiger partial charge in [-0.1, -0.05) is 18.2 Å². The lowest BCUT2D eigenvalue weighted by molar-refractivity contribution is -0.130. The largest absolute Gasteiger partial charge is 0.356 e. The number of likely N-dealkylation sites (tertiary alicyclic amines) is 1. The molecule has 0 saturated carbocycles. The van der Waals surface area contributed by atoms with Crippen LogP contribution in [0.5, 0.6) is 0 Å². The molecule has 1 unspecified atom stereocenters. The van der Waals surface area contributed by atoms with E-state index in [0.29, 0.717) is 18.8 Å². The van der Waals surface area contributed by atoms with Crippen LogP contribution in [0.25, 0.3) is 0 Å². The molecule has 2 fully saturated rings. The fourth-order valence-corrected chi connectivity index (χ4v) is 4.92. The number of H-pyrrole nitrogens is 1. The van der Waals surface area contributed by atoms with Gasteiger partial charge in [-0.25, -0.2) is 4.79 Å². The summed E-state index contributed by atoms with van der Waals surface area (Å²) in [6.07, 6.45) is 6.52. The number of rotatable bonds is 5. The summed E-state index contributed by atoms with van der Waals surface area (Å²) in [5.41, 5.74) is 2.64. The number of aromatic amines is 1. The van der Waals surface area contributed by atoms with E-state index in [1.165, 1.54) is 23.4 Å². The van der Waals surface area contributed by atoms with Crippen LogP contribution < -0.4 is 5.32 Å². The molecule has 166 valence electrons. The standard InChI is InChI=1S/C24H26N4O4/c1-24(18-8-7-15-5-4-6-16(15)11-18)22(31)28(23(32)26-24)14-20(29)17-12-19(25-13-17)21(30)27-9-2-3-10-27/h7-8,11-13,25H,2-6,9-10,14H2,1H3,(H,26,32). The highest BCUT2D eigenvalue weighted by Crippen LogP contribution is 2.32. The number of urea groups is 1. The molecular formula is C24H26N4O4. The van der Waals surface area contributed by atoms with Gasteiger partial charge in [-0.15, -0.1) is 0 Å². The number of amides is 4. The summed E-state index contributed by atoms with van der Waals surface area (Å²) in [5.74, 6) is -0.984. The van der Waals surface area contributed by atoms with Crippen molar-refractivity contribution in [2.75, 3.05) is 19.6 Å². The summed E-state index contributed by atoms with van der Waals surface area (Å²) in [7, 11) is 0. The predicted octanol–water partition coefficient (Wildman–Crippen LogP) is 2.39. The number of nitrogens with one attached hydrogen (secondary N) is 2. The van der Waals surface area contributed by atoms with Crippen LogP contribution in [-0.2, 0) is 23.2 Å².